The van der Waals surface area contributed by atoms with Crippen LogP contribution in [0.25, 0.3) is 0 Å². The number of nitrogens with one attached hydrogen (secondary N) is 1. The van der Waals surface area contributed by atoms with Crippen LogP contribution >= 0.6 is 0 Å². The molecule has 90 valence electrons. The number of aliphatic hydroxyl groups excluding tert-OH is 1. The number of hydrogen-bond donors (Lipinski definition) is 3. The summed E-state index contributed by atoms with van der Waals surface area (Å²) in [6.45, 7) is 6.82. The van der Waals surface area contributed by atoms with Gasteiger partial charge in [-0.25, -0.2) is 0 Å². The van der Waals surface area contributed by atoms with E-state index in [0.717, 1.165) is 12.8 Å². The van der Waals surface area contributed by atoms with E-state index in [9.17, 15) is 4.79 Å². The number of aliphatic hydroxyl groups is 1. The molecule has 1 atom stereocenters. The molecule has 0 saturated heterocycles. The van der Waals surface area contributed by atoms with Crippen molar-refractivity contribution in [1.29, 1.82) is 0 Å². The van der Waals surface area contributed by atoms with E-state index in [1.165, 1.54) is 0 Å². The quantitative estimate of drug-likeness (QED) is 0.584. The van der Waals surface area contributed by atoms with Crippen molar-refractivity contribution in [2.24, 2.45) is 11.1 Å². The molecule has 4 nitrogen and oxygen atoms in total. The molecule has 1 unspecified atom stereocenters. The highest BCUT2D eigenvalue weighted by Crippen LogP contribution is 2.20. The van der Waals surface area contributed by atoms with Gasteiger partial charge in [-0.15, -0.1) is 0 Å². The SMILES string of the molecule is CC(N)CC(=O)NCC(C)(C)CCCO. The highest BCUT2D eigenvalue weighted by Gasteiger charge is 2.18. The predicted molar refractivity (Wildman–Crippen MR) is 61.4 cm³/mol. The number of carbonyl (C=O) groups is 1. The fourth-order valence-electron chi connectivity index (χ4n) is 1.35. The molecule has 0 rings (SSSR count). The fraction of sp³-hybridized carbons (Fsp3) is 0.909. The molecule has 4 heteroatoms. The average molecular weight is 216 g/mol. The summed E-state index contributed by atoms with van der Waals surface area (Å²) in [6.07, 6.45) is 2.05. The lowest BCUT2D eigenvalue weighted by Gasteiger charge is -2.24. The van der Waals surface area contributed by atoms with Crippen LogP contribution < -0.4 is 11.1 Å². The van der Waals surface area contributed by atoms with Crippen molar-refractivity contribution in [3.05, 3.63) is 0 Å². The van der Waals surface area contributed by atoms with Gasteiger partial charge in [0, 0.05) is 25.6 Å². The summed E-state index contributed by atoms with van der Waals surface area (Å²) < 4.78 is 0. The summed E-state index contributed by atoms with van der Waals surface area (Å²) in [5.41, 5.74) is 5.56. The van der Waals surface area contributed by atoms with E-state index in [1.54, 1.807) is 0 Å². The Morgan fingerprint density at radius 3 is 2.60 bits per heavy atom. The van der Waals surface area contributed by atoms with Crippen LogP contribution in [0.3, 0.4) is 0 Å². The van der Waals surface area contributed by atoms with E-state index in [2.05, 4.69) is 19.2 Å². The third-order valence-corrected chi connectivity index (χ3v) is 2.28. The molecule has 0 aliphatic carbocycles. The van der Waals surface area contributed by atoms with Crippen LogP contribution in [0.5, 0.6) is 0 Å². The van der Waals surface area contributed by atoms with Crippen molar-refractivity contribution in [3.63, 3.8) is 0 Å². The van der Waals surface area contributed by atoms with Crippen molar-refractivity contribution < 1.29 is 9.90 Å². The van der Waals surface area contributed by atoms with Crippen molar-refractivity contribution in [3.8, 4) is 0 Å². The lowest BCUT2D eigenvalue weighted by Crippen LogP contribution is -2.36. The van der Waals surface area contributed by atoms with Gasteiger partial charge in [-0.2, -0.15) is 0 Å². The highest BCUT2D eigenvalue weighted by atomic mass is 16.2. The number of amides is 1. The number of rotatable bonds is 7. The second kappa shape index (κ2) is 6.80. The molecular weight excluding hydrogens is 192 g/mol. The van der Waals surface area contributed by atoms with Gasteiger partial charge in [-0.05, 0) is 25.2 Å². The largest absolute Gasteiger partial charge is 0.396 e. The van der Waals surface area contributed by atoms with E-state index < -0.39 is 0 Å². The van der Waals surface area contributed by atoms with Gasteiger partial charge in [0.15, 0.2) is 0 Å². The monoisotopic (exact) mass is 216 g/mol. The van der Waals surface area contributed by atoms with E-state index in [1.807, 2.05) is 6.92 Å². The van der Waals surface area contributed by atoms with E-state index in [0.29, 0.717) is 13.0 Å². The van der Waals surface area contributed by atoms with Gasteiger partial charge in [-0.1, -0.05) is 13.8 Å². The summed E-state index contributed by atoms with van der Waals surface area (Å²) in [4.78, 5) is 11.3. The molecule has 0 bridgehead atoms. The van der Waals surface area contributed by atoms with Crippen LogP contribution in [0.15, 0.2) is 0 Å². The lowest BCUT2D eigenvalue weighted by molar-refractivity contribution is -0.121. The Kier molecular flexibility index (Phi) is 6.52. The van der Waals surface area contributed by atoms with Gasteiger partial charge in [0.05, 0.1) is 0 Å². The molecule has 0 heterocycles. The Balaban J connectivity index is 3.77. The molecule has 0 fully saturated rings. The van der Waals surface area contributed by atoms with Crippen molar-refractivity contribution >= 4 is 5.91 Å². The molecule has 15 heavy (non-hydrogen) atoms. The molecule has 0 aliphatic rings. The van der Waals surface area contributed by atoms with Crippen LogP contribution in [0, 0.1) is 5.41 Å². The molecule has 0 radical (unpaired) electrons. The molecule has 4 N–H and O–H groups in total. The maximum atomic E-state index is 11.3. The van der Waals surface area contributed by atoms with Crippen molar-refractivity contribution in [2.75, 3.05) is 13.2 Å². The van der Waals surface area contributed by atoms with Crippen molar-refractivity contribution in [1.82, 2.24) is 5.32 Å². The molecular formula is C11H24N2O2. The van der Waals surface area contributed by atoms with Gasteiger partial charge < -0.3 is 16.2 Å². The summed E-state index contributed by atoms with van der Waals surface area (Å²) in [5.74, 6) is 0.00192. The molecule has 0 aliphatic heterocycles. The molecule has 0 saturated carbocycles. The third kappa shape index (κ3) is 8.39. The fourth-order valence-corrected chi connectivity index (χ4v) is 1.35. The number of hydrogen-bond acceptors (Lipinski definition) is 3. The van der Waals surface area contributed by atoms with E-state index >= 15 is 0 Å². The highest BCUT2D eigenvalue weighted by molar-refractivity contribution is 5.76. The molecule has 0 aromatic rings. The predicted octanol–water partition coefficient (Wildman–Crippen LogP) is 0.639. The first-order chi connectivity index (χ1) is 6.87. The summed E-state index contributed by atoms with van der Waals surface area (Å²) >= 11 is 0. The van der Waals surface area contributed by atoms with Gasteiger partial charge in [0.2, 0.25) is 5.91 Å². The van der Waals surface area contributed by atoms with E-state index in [-0.39, 0.29) is 24.0 Å². The normalized spacial score (nSPS) is 13.7. The molecule has 1 amide bonds. The van der Waals surface area contributed by atoms with Crippen molar-refractivity contribution in [2.45, 2.75) is 46.1 Å². The Labute approximate surface area is 92.2 Å². The van der Waals surface area contributed by atoms with Gasteiger partial charge in [0.25, 0.3) is 0 Å². The minimum absolute atomic E-state index is 0.00192. The first kappa shape index (κ1) is 14.4. The minimum Gasteiger partial charge on any atom is -0.396 e. The topological polar surface area (TPSA) is 75.4 Å². The maximum Gasteiger partial charge on any atom is 0.221 e. The average Bonchev–Trinajstić information content (AvgIpc) is 2.11. The zero-order valence-corrected chi connectivity index (χ0v) is 10.0. The maximum absolute atomic E-state index is 11.3. The van der Waals surface area contributed by atoms with Gasteiger partial charge >= 0.3 is 0 Å². The Morgan fingerprint density at radius 2 is 2.13 bits per heavy atom. The molecule has 0 aromatic carbocycles. The Hall–Kier alpha value is -0.610. The lowest BCUT2D eigenvalue weighted by atomic mass is 9.88. The van der Waals surface area contributed by atoms with Gasteiger partial charge in [-0.3, -0.25) is 4.79 Å². The Morgan fingerprint density at radius 1 is 1.53 bits per heavy atom. The third-order valence-electron chi connectivity index (χ3n) is 2.28. The number of carbonyl (C=O) groups excluding carboxylic acids is 1. The smallest absolute Gasteiger partial charge is 0.221 e. The van der Waals surface area contributed by atoms with E-state index in [4.69, 9.17) is 10.8 Å². The standard InChI is InChI=1S/C11H24N2O2/c1-9(12)7-10(15)13-8-11(2,3)5-4-6-14/h9,14H,4-8,12H2,1-3H3,(H,13,15). The zero-order chi connectivity index (χ0) is 11.9. The first-order valence-electron chi connectivity index (χ1n) is 5.50. The summed E-state index contributed by atoms with van der Waals surface area (Å²) in [6, 6.07) is -0.0921. The summed E-state index contributed by atoms with van der Waals surface area (Å²) in [5, 5.41) is 11.6. The van der Waals surface area contributed by atoms with Crippen LogP contribution in [0.1, 0.15) is 40.0 Å². The van der Waals surface area contributed by atoms with Crippen LogP contribution in [-0.4, -0.2) is 30.2 Å². The number of nitrogens with two attached hydrogens (primary N) is 1. The van der Waals surface area contributed by atoms with Gasteiger partial charge in [0.1, 0.15) is 0 Å². The first-order valence-corrected chi connectivity index (χ1v) is 5.50. The second-order valence-electron chi connectivity index (χ2n) is 4.95. The second-order valence-corrected chi connectivity index (χ2v) is 4.95. The minimum atomic E-state index is -0.0921. The Bertz CT molecular complexity index is 191. The van der Waals surface area contributed by atoms with Crippen LogP contribution in [0.2, 0.25) is 0 Å². The van der Waals surface area contributed by atoms with Crippen LogP contribution in [0.4, 0.5) is 0 Å². The van der Waals surface area contributed by atoms with Crippen LogP contribution in [-0.2, 0) is 4.79 Å². The zero-order valence-electron chi connectivity index (χ0n) is 10.0. The summed E-state index contributed by atoms with van der Waals surface area (Å²) in [7, 11) is 0. The molecule has 0 aromatic heterocycles. The molecule has 0 spiro atoms.